The maximum absolute atomic E-state index is 12.8. The molecule has 15 heavy (non-hydrogen) atoms. The minimum atomic E-state index is -0.716. The molecule has 2 heterocycles. The summed E-state index contributed by atoms with van der Waals surface area (Å²) in [5, 5.41) is 0. The highest BCUT2D eigenvalue weighted by Crippen LogP contribution is 2.29. The van der Waals surface area contributed by atoms with Crippen molar-refractivity contribution in [2.45, 2.75) is 31.5 Å². The average Bonchev–Trinajstić information content (AvgIpc) is 2.66. The Balaban J connectivity index is 1.93. The van der Waals surface area contributed by atoms with Crippen LogP contribution in [0, 0.1) is 0 Å². The van der Waals surface area contributed by atoms with E-state index in [1.165, 1.54) is 0 Å². The fourth-order valence-corrected chi connectivity index (χ4v) is 2.41. The number of hydrogen-bond acceptors (Lipinski definition) is 3. The molecule has 0 bridgehead atoms. The molecule has 0 saturated carbocycles. The lowest BCUT2D eigenvalue weighted by molar-refractivity contribution is -0.0725. The van der Waals surface area contributed by atoms with Crippen LogP contribution in [0.5, 0.6) is 0 Å². The predicted molar refractivity (Wildman–Crippen MR) is 55.7 cm³/mol. The molecule has 88 valence electrons. The van der Waals surface area contributed by atoms with Gasteiger partial charge in [-0.2, -0.15) is 0 Å². The minimum absolute atomic E-state index is 0.0488. The number of morpholine rings is 1. The van der Waals surface area contributed by atoms with E-state index in [1.807, 2.05) is 0 Å². The van der Waals surface area contributed by atoms with E-state index in [1.54, 1.807) is 6.92 Å². The first-order valence-electron chi connectivity index (χ1n) is 5.78. The molecule has 0 amide bonds. The molecule has 0 radical (unpaired) electrons. The van der Waals surface area contributed by atoms with Crippen LogP contribution in [0.25, 0.3) is 0 Å². The number of hydrogen-bond donors (Lipinski definition) is 0. The van der Waals surface area contributed by atoms with Gasteiger partial charge in [-0.1, -0.05) is 0 Å². The smallest absolute Gasteiger partial charge is 0.0985 e. The molecule has 0 aromatic rings. The fourth-order valence-electron chi connectivity index (χ4n) is 2.41. The van der Waals surface area contributed by atoms with Crippen LogP contribution >= 0.6 is 0 Å². The Morgan fingerprint density at radius 1 is 1.33 bits per heavy atom. The monoisotopic (exact) mass is 217 g/mol. The Kier molecular flexibility index (Phi) is 3.59. The van der Waals surface area contributed by atoms with E-state index in [0.717, 1.165) is 45.9 Å². The first kappa shape index (κ1) is 11.3. The van der Waals surface area contributed by atoms with Crippen LogP contribution in [-0.4, -0.2) is 56.1 Å². The molecule has 3 nitrogen and oxygen atoms in total. The Morgan fingerprint density at radius 3 is 2.73 bits per heavy atom. The van der Waals surface area contributed by atoms with Crippen molar-refractivity contribution < 1.29 is 13.9 Å². The van der Waals surface area contributed by atoms with Gasteiger partial charge >= 0.3 is 0 Å². The summed E-state index contributed by atoms with van der Waals surface area (Å²) in [6.45, 7) is 6.42. The van der Waals surface area contributed by atoms with Crippen molar-refractivity contribution in [3.05, 3.63) is 0 Å². The highest BCUT2D eigenvalue weighted by molar-refractivity contribution is 4.96. The number of ether oxygens (including phenoxy) is 2. The molecule has 0 aliphatic carbocycles. The van der Waals surface area contributed by atoms with Crippen LogP contribution in [-0.2, 0) is 9.47 Å². The van der Waals surface area contributed by atoms with Gasteiger partial charge in [-0.25, -0.2) is 4.39 Å². The summed E-state index contributed by atoms with van der Waals surface area (Å²) in [4.78, 5) is 2.36. The van der Waals surface area contributed by atoms with Gasteiger partial charge in [0.25, 0.3) is 0 Å². The molecule has 2 rings (SSSR count). The predicted octanol–water partition coefficient (Wildman–Crippen LogP) is 1.23. The topological polar surface area (TPSA) is 21.7 Å². The van der Waals surface area contributed by atoms with E-state index < -0.39 is 6.17 Å². The fraction of sp³-hybridized carbons (Fsp3) is 1.00. The van der Waals surface area contributed by atoms with Crippen molar-refractivity contribution in [2.75, 3.05) is 39.5 Å². The first-order valence-corrected chi connectivity index (χ1v) is 5.78. The molecule has 2 aliphatic heterocycles. The van der Waals surface area contributed by atoms with Crippen molar-refractivity contribution in [3.8, 4) is 0 Å². The van der Waals surface area contributed by atoms with Crippen LogP contribution < -0.4 is 0 Å². The average molecular weight is 217 g/mol. The van der Waals surface area contributed by atoms with E-state index in [4.69, 9.17) is 9.47 Å². The molecule has 2 saturated heterocycles. The zero-order valence-electron chi connectivity index (χ0n) is 9.38. The maximum Gasteiger partial charge on any atom is 0.0985 e. The molecule has 0 aromatic heterocycles. The third-order valence-corrected chi connectivity index (χ3v) is 3.43. The largest absolute Gasteiger partial charge is 0.379 e. The van der Waals surface area contributed by atoms with Gasteiger partial charge in [0.2, 0.25) is 0 Å². The second-order valence-corrected chi connectivity index (χ2v) is 4.64. The highest BCUT2D eigenvalue weighted by Gasteiger charge is 2.42. The molecule has 2 fully saturated rings. The van der Waals surface area contributed by atoms with E-state index in [-0.39, 0.29) is 5.54 Å². The van der Waals surface area contributed by atoms with Crippen LogP contribution in [0.3, 0.4) is 0 Å². The molecule has 0 N–H and O–H groups in total. The number of nitrogens with zero attached hydrogens (tertiary/aromatic N) is 1. The zero-order valence-corrected chi connectivity index (χ0v) is 9.38. The molecule has 0 unspecified atom stereocenters. The standard InChI is InChI=1S/C11H20FNO2/c1-10(12)2-4-13-5-7-15-9-11(13)3-6-14-8-11/h10H,2-9H2,1H3/t10-,11+/m1/s1. The Labute approximate surface area is 90.5 Å². The highest BCUT2D eigenvalue weighted by atomic mass is 19.1. The third kappa shape index (κ3) is 2.49. The maximum atomic E-state index is 12.8. The Morgan fingerprint density at radius 2 is 2.07 bits per heavy atom. The van der Waals surface area contributed by atoms with Crippen LogP contribution in [0.4, 0.5) is 4.39 Å². The van der Waals surface area contributed by atoms with E-state index >= 15 is 0 Å². The van der Waals surface area contributed by atoms with Crippen molar-refractivity contribution in [1.29, 1.82) is 0 Å². The summed E-state index contributed by atoms with van der Waals surface area (Å²) >= 11 is 0. The lowest BCUT2D eigenvalue weighted by Crippen LogP contribution is -2.57. The second kappa shape index (κ2) is 4.76. The van der Waals surface area contributed by atoms with E-state index in [2.05, 4.69) is 4.90 Å². The van der Waals surface area contributed by atoms with Gasteiger partial charge in [0.1, 0.15) is 0 Å². The van der Waals surface area contributed by atoms with Crippen molar-refractivity contribution in [1.82, 2.24) is 4.90 Å². The molecule has 1 spiro atoms. The molecule has 2 atom stereocenters. The van der Waals surface area contributed by atoms with Gasteiger partial charge in [-0.05, 0) is 19.8 Å². The molecule has 4 heteroatoms. The summed E-state index contributed by atoms with van der Waals surface area (Å²) < 4.78 is 23.8. The van der Waals surface area contributed by atoms with Crippen LogP contribution in [0.2, 0.25) is 0 Å². The van der Waals surface area contributed by atoms with Crippen molar-refractivity contribution in [2.24, 2.45) is 0 Å². The number of alkyl halides is 1. The Hall–Kier alpha value is -0.190. The molecular weight excluding hydrogens is 197 g/mol. The van der Waals surface area contributed by atoms with E-state index in [9.17, 15) is 4.39 Å². The van der Waals surface area contributed by atoms with Gasteiger partial charge in [0.15, 0.2) is 0 Å². The summed E-state index contributed by atoms with van der Waals surface area (Å²) in [5.41, 5.74) is 0.0488. The minimum Gasteiger partial charge on any atom is -0.379 e. The van der Waals surface area contributed by atoms with Gasteiger partial charge in [0.05, 0.1) is 31.5 Å². The number of halogens is 1. The summed E-state index contributed by atoms with van der Waals surface area (Å²) in [5.74, 6) is 0. The van der Waals surface area contributed by atoms with Gasteiger partial charge in [-0.15, -0.1) is 0 Å². The van der Waals surface area contributed by atoms with Crippen LogP contribution in [0.15, 0.2) is 0 Å². The lowest BCUT2D eigenvalue weighted by atomic mass is 9.95. The molecule has 2 aliphatic rings. The van der Waals surface area contributed by atoms with Crippen molar-refractivity contribution in [3.63, 3.8) is 0 Å². The van der Waals surface area contributed by atoms with Gasteiger partial charge in [0, 0.05) is 19.7 Å². The zero-order chi connectivity index (χ0) is 10.7. The molecular formula is C11H20FNO2. The first-order chi connectivity index (χ1) is 7.23. The third-order valence-electron chi connectivity index (χ3n) is 3.43. The number of rotatable bonds is 3. The SMILES string of the molecule is C[C@@H](F)CCN1CCOC[C@@]12CCOC2. The molecule has 0 aromatic carbocycles. The Bertz CT molecular complexity index is 205. The summed E-state index contributed by atoms with van der Waals surface area (Å²) in [6, 6.07) is 0. The quantitative estimate of drug-likeness (QED) is 0.709. The normalized spacial score (nSPS) is 34.8. The second-order valence-electron chi connectivity index (χ2n) is 4.64. The van der Waals surface area contributed by atoms with Crippen LogP contribution in [0.1, 0.15) is 19.8 Å². The van der Waals surface area contributed by atoms with E-state index in [0.29, 0.717) is 6.42 Å². The van der Waals surface area contributed by atoms with Gasteiger partial charge in [-0.3, -0.25) is 4.90 Å². The lowest BCUT2D eigenvalue weighted by Gasteiger charge is -2.43. The summed E-state index contributed by atoms with van der Waals surface area (Å²) in [7, 11) is 0. The summed E-state index contributed by atoms with van der Waals surface area (Å²) in [6.07, 6.45) is 0.919. The van der Waals surface area contributed by atoms with Crippen molar-refractivity contribution >= 4 is 0 Å². The van der Waals surface area contributed by atoms with Gasteiger partial charge < -0.3 is 9.47 Å².